The molecule has 31 heavy (non-hydrogen) atoms. The average molecular weight is 485 g/mol. The van der Waals surface area contributed by atoms with Crippen molar-refractivity contribution in [2.75, 3.05) is 19.3 Å². The van der Waals surface area contributed by atoms with Crippen LogP contribution in [0.1, 0.15) is 31.4 Å². The van der Waals surface area contributed by atoms with Gasteiger partial charge in [-0.1, -0.05) is 23.7 Å². The molecular formula is C21H25ClN2O5S2. The van der Waals surface area contributed by atoms with Crippen molar-refractivity contribution in [3.05, 3.63) is 59.1 Å². The van der Waals surface area contributed by atoms with Crippen molar-refractivity contribution < 1.29 is 21.6 Å². The molecule has 1 aliphatic rings. The van der Waals surface area contributed by atoms with Crippen molar-refractivity contribution in [3.8, 4) is 0 Å². The molecule has 2 aromatic rings. The Labute approximate surface area is 188 Å². The average Bonchev–Trinajstić information content (AvgIpc) is 2.73. The maximum Gasteiger partial charge on any atom is 0.243 e. The van der Waals surface area contributed by atoms with Crippen LogP contribution in [0.2, 0.25) is 5.02 Å². The molecule has 0 radical (unpaired) electrons. The van der Waals surface area contributed by atoms with Crippen molar-refractivity contribution in [3.63, 3.8) is 0 Å². The first-order valence-corrected chi connectivity index (χ1v) is 13.6. The second-order valence-electron chi connectivity index (χ2n) is 7.73. The zero-order valence-corrected chi connectivity index (χ0v) is 19.7. The molecule has 1 aliphatic heterocycles. The van der Waals surface area contributed by atoms with Crippen molar-refractivity contribution in [2.24, 2.45) is 5.92 Å². The normalized spacial score (nSPS) is 19.0. The number of benzene rings is 2. The fourth-order valence-corrected chi connectivity index (χ4v) is 5.83. The first kappa shape index (κ1) is 23.7. The molecule has 0 spiro atoms. The van der Waals surface area contributed by atoms with E-state index in [9.17, 15) is 21.6 Å². The van der Waals surface area contributed by atoms with E-state index >= 15 is 0 Å². The summed E-state index contributed by atoms with van der Waals surface area (Å²) >= 11 is 5.85. The van der Waals surface area contributed by atoms with Gasteiger partial charge in [0.1, 0.15) is 0 Å². The molecule has 1 heterocycles. The minimum absolute atomic E-state index is 0.108. The molecule has 1 amide bonds. The van der Waals surface area contributed by atoms with Gasteiger partial charge in [0.25, 0.3) is 0 Å². The van der Waals surface area contributed by atoms with Crippen LogP contribution >= 0.6 is 11.6 Å². The maximum absolute atomic E-state index is 12.9. The van der Waals surface area contributed by atoms with E-state index in [0.29, 0.717) is 24.4 Å². The predicted molar refractivity (Wildman–Crippen MR) is 119 cm³/mol. The Morgan fingerprint density at radius 1 is 1.03 bits per heavy atom. The van der Waals surface area contributed by atoms with Gasteiger partial charge in [0.05, 0.1) is 21.8 Å². The number of carbonyl (C=O) groups excluding carboxylic acids is 1. The number of carbonyl (C=O) groups is 1. The number of hydrogen-bond donors (Lipinski definition) is 1. The topological polar surface area (TPSA) is 101 Å². The Hall–Kier alpha value is -1.94. The van der Waals surface area contributed by atoms with Crippen LogP contribution in [0.25, 0.3) is 0 Å². The van der Waals surface area contributed by atoms with Crippen molar-refractivity contribution in [1.29, 1.82) is 0 Å². The molecule has 1 fully saturated rings. The third kappa shape index (κ3) is 5.65. The van der Waals surface area contributed by atoms with Gasteiger partial charge in [-0.15, -0.1) is 0 Å². The predicted octanol–water partition coefficient (Wildman–Crippen LogP) is 3.02. The first-order valence-electron chi connectivity index (χ1n) is 9.84. The summed E-state index contributed by atoms with van der Waals surface area (Å²) in [7, 11) is -6.99. The van der Waals surface area contributed by atoms with Crippen LogP contribution in [-0.4, -0.2) is 46.4 Å². The number of piperidine rings is 1. The summed E-state index contributed by atoms with van der Waals surface area (Å²) in [6.45, 7) is 2.27. The summed E-state index contributed by atoms with van der Waals surface area (Å²) in [6.07, 6.45) is 2.32. The highest BCUT2D eigenvalue weighted by molar-refractivity contribution is 7.90. The lowest BCUT2D eigenvalue weighted by atomic mass is 9.98. The fourth-order valence-electron chi connectivity index (χ4n) is 3.55. The molecule has 168 valence electrons. The van der Waals surface area contributed by atoms with Gasteiger partial charge in [0.2, 0.25) is 15.9 Å². The van der Waals surface area contributed by atoms with E-state index in [2.05, 4.69) is 5.32 Å². The van der Waals surface area contributed by atoms with Gasteiger partial charge in [0, 0.05) is 24.4 Å². The van der Waals surface area contributed by atoms with Crippen LogP contribution in [0, 0.1) is 5.92 Å². The van der Waals surface area contributed by atoms with Gasteiger partial charge in [-0.3, -0.25) is 4.79 Å². The van der Waals surface area contributed by atoms with Crippen LogP contribution in [0.5, 0.6) is 0 Å². The van der Waals surface area contributed by atoms with Crippen LogP contribution in [0.3, 0.4) is 0 Å². The molecule has 0 aliphatic carbocycles. The third-order valence-corrected chi connectivity index (χ3v) is 8.63. The van der Waals surface area contributed by atoms with Gasteiger partial charge < -0.3 is 5.32 Å². The summed E-state index contributed by atoms with van der Waals surface area (Å²) in [4.78, 5) is 13.2. The van der Waals surface area contributed by atoms with Gasteiger partial charge in [0.15, 0.2) is 9.84 Å². The molecule has 7 nitrogen and oxygen atoms in total. The Morgan fingerprint density at radius 2 is 1.61 bits per heavy atom. The highest BCUT2D eigenvalue weighted by Crippen LogP contribution is 2.26. The summed E-state index contributed by atoms with van der Waals surface area (Å²) in [5.74, 6) is -0.690. The van der Waals surface area contributed by atoms with Gasteiger partial charge in [-0.25, -0.2) is 16.8 Å². The van der Waals surface area contributed by atoms with Gasteiger partial charge in [-0.2, -0.15) is 4.31 Å². The molecule has 3 rings (SSSR count). The molecule has 1 saturated heterocycles. The first-order chi connectivity index (χ1) is 14.5. The van der Waals surface area contributed by atoms with E-state index in [1.807, 2.05) is 0 Å². The summed E-state index contributed by atoms with van der Waals surface area (Å²) < 4.78 is 50.4. The standard InChI is InChI=1S/C21H25ClN2O5S2/c1-15(16-5-9-19(10-6-16)30(2,26)27)23-21(25)17-4-3-13-24(14-17)31(28,29)20-11-7-18(22)8-12-20/h5-12,15,17H,3-4,13-14H2,1-2H3,(H,23,25). The molecule has 0 saturated carbocycles. The monoisotopic (exact) mass is 484 g/mol. The zero-order valence-electron chi connectivity index (χ0n) is 17.3. The van der Waals surface area contributed by atoms with E-state index in [1.54, 1.807) is 19.1 Å². The number of hydrogen-bond acceptors (Lipinski definition) is 5. The lowest BCUT2D eigenvalue weighted by molar-refractivity contribution is -0.126. The second-order valence-corrected chi connectivity index (χ2v) is 12.1. The number of halogens is 1. The Bertz CT molecular complexity index is 1150. The van der Waals surface area contributed by atoms with E-state index in [4.69, 9.17) is 11.6 Å². The minimum Gasteiger partial charge on any atom is -0.349 e. The number of nitrogens with zero attached hydrogens (tertiary/aromatic N) is 1. The van der Waals surface area contributed by atoms with Gasteiger partial charge >= 0.3 is 0 Å². The number of sulfonamides is 1. The van der Waals surface area contributed by atoms with E-state index in [-0.39, 0.29) is 28.3 Å². The van der Waals surface area contributed by atoms with Crippen molar-refractivity contribution >= 4 is 37.4 Å². The lowest BCUT2D eigenvalue weighted by Gasteiger charge is -2.32. The fraction of sp³-hybridized carbons (Fsp3) is 0.381. The van der Waals surface area contributed by atoms with Crippen LogP contribution in [-0.2, 0) is 24.7 Å². The Balaban J connectivity index is 1.67. The molecule has 2 unspecified atom stereocenters. The third-order valence-electron chi connectivity index (χ3n) is 5.37. The molecule has 2 aromatic carbocycles. The maximum atomic E-state index is 12.9. The minimum atomic E-state index is -3.71. The molecule has 2 atom stereocenters. The summed E-state index contributed by atoms with van der Waals surface area (Å²) in [5.41, 5.74) is 0.766. The molecular weight excluding hydrogens is 460 g/mol. The van der Waals surface area contributed by atoms with Gasteiger partial charge in [-0.05, 0) is 61.7 Å². The van der Waals surface area contributed by atoms with Crippen LogP contribution < -0.4 is 5.32 Å². The van der Waals surface area contributed by atoms with Crippen molar-refractivity contribution in [1.82, 2.24) is 9.62 Å². The molecule has 1 N–H and O–H groups in total. The smallest absolute Gasteiger partial charge is 0.243 e. The number of rotatable bonds is 6. The number of amides is 1. The Morgan fingerprint density at radius 3 is 2.19 bits per heavy atom. The SMILES string of the molecule is CC(NC(=O)C1CCCN(S(=O)(=O)c2ccc(Cl)cc2)C1)c1ccc(S(C)(=O)=O)cc1. The largest absolute Gasteiger partial charge is 0.349 e. The van der Waals surface area contributed by atoms with Crippen LogP contribution in [0.15, 0.2) is 58.3 Å². The number of nitrogens with one attached hydrogen (secondary N) is 1. The zero-order chi connectivity index (χ0) is 22.8. The number of sulfone groups is 1. The molecule has 0 aromatic heterocycles. The van der Waals surface area contributed by atoms with E-state index in [0.717, 1.165) is 11.8 Å². The lowest BCUT2D eigenvalue weighted by Crippen LogP contribution is -2.45. The highest BCUT2D eigenvalue weighted by atomic mass is 35.5. The van der Waals surface area contributed by atoms with E-state index in [1.165, 1.54) is 40.7 Å². The summed E-state index contributed by atoms with van der Waals surface area (Å²) in [6, 6.07) is 12.0. The summed E-state index contributed by atoms with van der Waals surface area (Å²) in [5, 5.41) is 3.37. The highest BCUT2D eigenvalue weighted by Gasteiger charge is 2.33. The van der Waals surface area contributed by atoms with Crippen molar-refractivity contribution in [2.45, 2.75) is 35.6 Å². The second kappa shape index (κ2) is 9.28. The van der Waals surface area contributed by atoms with Crippen LogP contribution in [0.4, 0.5) is 0 Å². The molecule has 0 bridgehead atoms. The molecule has 10 heteroatoms. The quantitative estimate of drug-likeness (QED) is 0.679. The Kier molecular flexibility index (Phi) is 7.10. The van der Waals surface area contributed by atoms with E-state index < -0.39 is 25.8 Å².